The Morgan fingerprint density at radius 1 is 1.14 bits per heavy atom. The Bertz CT molecular complexity index is 898. The molecule has 3 N–H and O–H groups in total. The first-order chi connectivity index (χ1) is 13.7. The number of carboxylic acids is 1. The fraction of sp³-hybridized carbons (Fsp3) is 0.350. The van der Waals surface area contributed by atoms with Crippen molar-refractivity contribution < 1.29 is 28.2 Å². The molecule has 1 unspecified atom stereocenters. The van der Waals surface area contributed by atoms with E-state index in [1.54, 1.807) is 36.4 Å². The van der Waals surface area contributed by atoms with E-state index in [1.807, 2.05) is 6.92 Å². The van der Waals surface area contributed by atoms with Gasteiger partial charge >= 0.3 is 5.97 Å². The molecule has 0 aliphatic heterocycles. The van der Waals surface area contributed by atoms with E-state index in [0.717, 1.165) is 9.87 Å². The molecule has 0 radical (unpaired) electrons. The first-order valence-corrected chi connectivity index (χ1v) is 10.5. The van der Waals surface area contributed by atoms with Crippen molar-refractivity contribution in [1.29, 1.82) is 0 Å². The number of ether oxygens (including phenoxy) is 1. The van der Waals surface area contributed by atoms with Crippen LogP contribution in [0.2, 0.25) is 0 Å². The van der Waals surface area contributed by atoms with Gasteiger partial charge in [0.2, 0.25) is 0 Å². The number of nitrogens with zero attached hydrogens (tertiary/aromatic N) is 1. The minimum absolute atomic E-state index is 0.0589. The minimum atomic E-state index is -3.92. The average Bonchev–Trinajstić information content (AvgIpc) is 2.69. The number of benzene rings is 2. The molecule has 2 aromatic rings. The zero-order valence-corrected chi connectivity index (χ0v) is 17.2. The molecule has 2 aromatic carbocycles. The van der Waals surface area contributed by atoms with Gasteiger partial charge in [-0.1, -0.05) is 17.7 Å². The summed E-state index contributed by atoms with van der Waals surface area (Å²) in [6, 6.07) is 13.0. The Balaban J connectivity index is 2.25. The molecule has 0 saturated carbocycles. The summed E-state index contributed by atoms with van der Waals surface area (Å²) in [4.78, 5) is 10.7. The number of hydrogen-bond acceptors (Lipinski definition) is 6. The molecule has 0 aromatic heterocycles. The third-order valence-corrected chi connectivity index (χ3v) is 6.05. The second kappa shape index (κ2) is 10.2. The molecule has 158 valence electrons. The standard InChI is InChI=1S/C20H26N2O6S/c1-15-3-9-19(10-4-15)29(26,27)22(16-5-7-18(28-2)8-6-16)14-17(23)13-21-12-11-20(24)25/h3-10,17,21,23H,11-14H2,1-2H3,(H,24,25). The number of aliphatic hydroxyl groups excluding tert-OH is 1. The van der Waals surface area contributed by atoms with Gasteiger partial charge in [0.1, 0.15) is 5.75 Å². The number of sulfonamides is 1. The Kier molecular flexibility index (Phi) is 8.00. The molecular formula is C20H26N2O6S. The molecule has 0 aliphatic rings. The predicted octanol–water partition coefficient (Wildman–Crippen LogP) is 1.62. The van der Waals surface area contributed by atoms with Gasteiger partial charge < -0.3 is 20.3 Å². The van der Waals surface area contributed by atoms with Crippen LogP contribution in [0.25, 0.3) is 0 Å². The van der Waals surface area contributed by atoms with Crippen LogP contribution in [0.5, 0.6) is 5.75 Å². The molecule has 0 amide bonds. The van der Waals surface area contributed by atoms with Gasteiger partial charge in [0.15, 0.2) is 0 Å². The number of carbonyl (C=O) groups is 1. The number of anilines is 1. The lowest BCUT2D eigenvalue weighted by Gasteiger charge is -2.27. The third kappa shape index (κ3) is 6.45. The lowest BCUT2D eigenvalue weighted by molar-refractivity contribution is -0.136. The summed E-state index contributed by atoms with van der Waals surface area (Å²) < 4.78 is 32.7. The summed E-state index contributed by atoms with van der Waals surface area (Å²) in [5, 5.41) is 21.8. The maximum atomic E-state index is 13.2. The van der Waals surface area contributed by atoms with E-state index in [9.17, 15) is 18.3 Å². The lowest BCUT2D eigenvalue weighted by atomic mass is 10.2. The molecule has 0 aliphatic carbocycles. The summed E-state index contributed by atoms with van der Waals surface area (Å²) in [5.41, 5.74) is 1.32. The lowest BCUT2D eigenvalue weighted by Crippen LogP contribution is -2.42. The van der Waals surface area contributed by atoms with Crippen molar-refractivity contribution in [2.75, 3.05) is 31.0 Å². The van der Waals surface area contributed by atoms with Crippen molar-refractivity contribution in [3.8, 4) is 5.75 Å². The van der Waals surface area contributed by atoms with Crippen molar-refractivity contribution in [3.63, 3.8) is 0 Å². The normalized spacial score (nSPS) is 12.4. The molecule has 1 atom stereocenters. The second-order valence-electron chi connectivity index (χ2n) is 6.55. The van der Waals surface area contributed by atoms with Crippen LogP contribution in [0.3, 0.4) is 0 Å². The van der Waals surface area contributed by atoms with Gasteiger partial charge in [0.25, 0.3) is 10.0 Å². The summed E-state index contributed by atoms with van der Waals surface area (Å²) in [7, 11) is -2.40. The quantitative estimate of drug-likeness (QED) is 0.471. The molecule has 9 heteroatoms. The highest BCUT2D eigenvalue weighted by Crippen LogP contribution is 2.26. The number of aliphatic hydroxyl groups is 1. The molecule has 0 heterocycles. The van der Waals surface area contributed by atoms with E-state index >= 15 is 0 Å². The van der Waals surface area contributed by atoms with Crippen molar-refractivity contribution in [2.45, 2.75) is 24.3 Å². The maximum Gasteiger partial charge on any atom is 0.304 e. The molecule has 2 rings (SSSR count). The van der Waals surface area contributed by atoms with Crippen LogP contribution in [0.15, 0.2) is 53.4 Å². The van der Waals surface area contributed by atoms with E-state index in [-0.39, 0.29) is 31.0 Å². The fourth-order valence-corrected chi connectivity index (χ4v) is 4.15. The van der Waals surface area contributed by atoms with Crippen LogP contribution in [-0.2, 0) is 14.8 Å². The number of rotatable bonds is 11. The van der Waals surface area contributed by atoms with Gasteiger partial charge in [-0.2, -0.15) is 0 Å². The van der Waals surface area contributed by atoms with Gasteiger partial charge in [-0.05, 0) is 43.3 Å². The van der Waals surface area contributed by atoms with E-state index in [2.05, 4.69) is 5.32 Å². The Hall–Kier alpha value is -2.62. The number of aryl methyl sites for hydroxylation is 1. The highest BCUT2D eigenvalue weighted by molar-refractivity contribution is 7.92. The van der Waals surface area contributed by atoms with Gasteiger partial charge in [-0.25, -0.2) is 8.42 Å². The van der Waals surface area contributed by atoms with Crippen LogP contribution in [0.1, 0.15) is 12.0 Å². The summed E-state index contributed by atoms with van der Waals surface area (Å²) in [6.07, 6.45) is -1.12. The summed E-state index contributed by atoms with van der Waals surface area (Å²) in [6.45, 7) is 1.91. The number of methoxy groups -OCH3 is 1. The zero-order chi connectivity index (χ0) is 21.4. The van der Waals surface area contributed by atoms with Crippen LogP contribution in [0.4, 0.5) is 5.69 Å². The topological polar surface area (TPSA) is 116 Å². The van der Waals surface area contributed by atoms with E-state index in [0.29, 0.717) is 11.4 Å². The van der Waals surface area contributed by atoms with Crippen molar-refractivity contribution in [2.24, 2.45) is 0 Å². The maximum absolute atomic E-state index is 13.2. The highest BCUT2D eigenvalue weighted by atomic mass is 32.2. The molecule has 0 spiro atoms. The van der Waals surface area contributed by atoms with Crippen molar-refractivity contribution in [3.05, 3.63) is 54.1 Å². The molecule has 0 saturated heterocycles. The van der Waals surface area contributed by atoms with E-state index in [1.165, 1.54) is 19.2 Å². The smallest absolute Gasteiger partial charge is 0.304 e. The van der Waals surface area contributed by atoms with E-state index in [4.69, 9.17) is 9.84 Å². The van der Waals surface area contributed by atoms with Gasteiger partial charge in [-0.15, -0.1) is 0 Å². The monoisotopic (exact) mass is 422 g/mol. The van der Waals surface area contributed by atoms with Gasteiger partial charge in [0, 0.05) is 13.1 Å². The van der Waals surface area contributed by atoms with Crippen LogP contribution in [0, 0.1) is 6.92 Å². The first kappa shape index (κ1) is 22.7. The average molecular weight is 423 g/mol. The third-order valence-electron chi connectivity index (χ3n) is 4.24. The summed E-state index contributed by atoms with van der Waals surface area (Å²) in [5.74, 6) is -0.369. The van der Waals surface area contributed by atoms with Crippen LogP contribution >= 0.6 is 0 Å². The number of hydrogen-bond donors (Lipinski definition) is 3. The van der Waals surface area contributed by atoms with Crippen molar-refractivity contribution >= 4 is 21.7 Å². The van der Waals surface area contributed by atoms with E-state index < -0.39 is 22.1 Å². The fourth-order valence-electron chi connectivity index (χ4n) is 2.65. The van der Waals surface area contributed by atoms with Crippen LogP contribution < -0.4 is 14.4 Å². The largest absolute Gasteiger partial charge is 0.497 e. The second-order valence-corrected chi connectivity index (χ2v) is 8.41. The number of aliphatic carboxylic acids is 1. The van der Waals surface area contributed by atoms with Gasteiger partial charge in [-0.3, -0.25) is 9.10 Å². The molecule has 8 nitrogen and oxygen atoms in total. The SMILES string of the molecule is COc1ccc(N(CC(O)CNCCC(=O)O)S(=O)(=O)c2ccc(C)cc2)cc1. The molecular weight excluding hydrogens is 396 g/mol. The zero-order valence-electron chi connectivity index (χ0n) is 16.4. The summed E-state index contributed by atoms with van der Waals surface area (Å²) >= 11 is 0. The minimum Gasteiger partial charge on any atom is -0.497 e. The Labute approximate surface area is 170 Å². The van der Waals surface area contributed by atoms with Crippen LogP contribution in [-0.4, -0.2) is 57.4 Å². The highest BCUT2D eigenvalue weighted by Gasteiger charge is 2.27. The first-order valence-electron chi connectivity index (χ1n) is 9.08. The van der Waals surface area contributed by atoms with Gasteiger partial charge in [0.05, 0.1) is 36.8 Å². The Morgan fingerprint density at radius 2 is 1.76 bits per heavy atom. The van der Waals surface area contributed by atoms with Crippen molar-refractivity contribution in [1.82, 2.24) is 5.32 Å². The molecule has 0 bridgehead atoms. The number of carboxylic acid groups (broad SMARTS) is 1. The number of nitrogens with one attached hydrogen (secondary N) is 1. The molecule has 0 fully saturated rings. The predicted molar refractivity (Wildman–Crippen MR) is 110 cm³/mol. The molecule has 29 heavy (non-hydrogen) atoms. The Morgan fingerprint density at radius 3 is 2.31 bits per heavy atom.